The molecule has 0 aliphatic heterocycles. The summed E-state index contributed by atoms with van der Waals surface area (Å²) < 4.78 is 0. The molecule has 5 nitrogen and oxygen atoms in total. The zero-order valence-corrected chi connectivity index (χ0v) is 11.1. The van der Waals surface area contributed by atoms with E-state index < -0.39 is 5.91 Å². The number of carbonyl (C=O) groups excluding carboxylic acids is 1. The van der Waals surface area contributed by atoms with E-state index in [4.69, 9.17) is 0 Å². The minimum Gasteiger partial charge on any atom is -0.507 e. The van der Waals surface area contributed by atoms with Crippen LogP contribution in [0, 0.1) is 0 Å². The molecule has 1 aromatic heterocycles. The van der Waals surface area contributed by atoms with Gasteiger partial charge in [0.15, 0.2) is 0 Å². The molecule has 0 bridgehead atoms. The Labute approximate surface area is 120 Å². The minimum atomic E-state index is -0.458. The maximum absolute atomic E-state index is 11.8. The fourth-order valence-electron chi connectivity index (χ4n) is 2.05. The summed E-state index contributed by atoms with van der Waals surface area (Å²) in [4.78, 5) is 15.0. The lowest BCUT2D eigenvalue weighted by molar-refractivity contribution is 0.0952. The number of amides is 1. The summed E-state index contributed by atoms with van der Waals surface area (Å²) >= 11 is 0. The number of hydrogen-bond donors (Lipinski definition) is 3. The number of nitrogens with one attached hydrogen (secondary N) is 2. The van der Waals surface area contributed by atoms with E-state index in [1.165, 1.54) is 18.3 Å². The molecular weight excluding hydrogens is 266 g/mol. The van der Waals surface area contributed by atoms with E-state index >= 15 is 0 Å². The van der Waals surface area contributed by atoms with Crippen LogP contribution in [0.3, 0.4) is 0 Å². The number of para-hydroxylation sites is 2. The Morgan fingerprint density at radius 3 is 2.71 bits per heavy atom. The number of fused-ring (bicyclic) bond motifs is 1. The zero-order valence-electron chi connectivity index (χ0n) is 11.1. The van der Waals surface area contributed by atoms with Crippen LogP contribution in [0.4, 0.5) is 0 Å². The largest absolute Gasteiger partial charge is 0.507 e. The van der Waals surface area contributed by atoms with Gasteiger partial charge in [-0.2, -0.15) is 5.10 Å². The van der Waals surface area contributed by atoms with Gasteiger partial charge in [0, 0.05) is 10.9 Å². The fourth-order valence-corrected chi connectivity index (χ4v) is 2.05. The first-order valence-corrected chi connectivity index (χ1v) is 6.43. The standard InChI is InChI=1S/C16H13N3O2/c20-15-8-4-2-6-13(15)16(21)19-17-10-12-9-11-5-1-3-7-14(11)18-12/h1-10,18,20H,(H,19,21)/b17-10+. The lowest BCUT2D eigenvalue weighted by Gasteiger charge is -2.01. The number of benzene rings is 2. The third-order valence-corrected chi connectivity index (χ3v) is 3.07. The van der Waals surface area contributed by atoms with Crippen LogP contribution in [-0.2, 0) is 0 Å². The number of rotatable bonds is 3. The maximum Gasteiger partial charge on any atom is 0.275 e. The van der Waals surface area contributed by atoms with Gasteiger partial charge in [-0.25, -0.2) is 5.43 Å². The molecule has 3 rings (SSSR count). The van der Waals surface area contributed by atoms with Crippen LogP contribution in [0.15, 0.2) is 59.7 Å². The lowest BCUT2D eigenvalue weighted by atomic mass is 10.2. The average Bonchev–Trinajstić information content (AvgIpc) is 2.90. The van der Waals surface area contributed by atoms with Gasteiger partial charge < -0.3 is 10.1 Å². The van der Waals surface area contributed by atoms with Crippen molar-refractivity contribution < 1.29 is 9.90 Å². The smallest absolute Gasteiger partial charge is 0.275 e. The van der Waals surface area contributed by atoms with Crippen molar-refractivity contribution in [3.8, 4) is 5.75 Å². The number of phenolic OH excluding ortho intramolecular Hbond substituents is 1. The molecule has 1 amide bonds. The van der Waals surface area contributed by atoms with E-state index in [1.54, 1.807) is 12.1 Å². The summed E-state index contributed by atoms with van der Waals surface area (Å²) in [6.45, 7) is 0. The Kier molecular flexibility index (Phi) is 3.39. The van der Waals surface area contributed by atoms with Crippen molar-refractivity contribution in [2.45, 2.75) is 0 Å². The van der Waals surface area contributed by atoms with E-state index in [0.29, 0.717) is 0 Å². The summed E-state index contributed by atoms with van der Waals surface area (Å²) in [5, 5.41) is 14.5. The fraction of sp³-hybridized carbons (Fsp3) is 0. The Morgan fingerprint density at radius 2 is 1.90 bits per heavy atom. The molecule has 0 radical (unpaired) electrons. The SMILES string of the molecule is O=C(N/N=C/c1cc2ccccc2[nH]1)c1ccccc1O. The van der Waals surface area contributed by atoms with Gasteiger partial charge in [0.1, 0.15) is 5.75 Å². The topological polar surface area (TPSA) is 77.5 Å². The third-order valence-electron chi connectivity index (χ3n) is 3.07. The number of aromatic nitrogens is 1. The number of carbonyl (C=O) groups is 1. The first kappa shape index (κ1) is 12.9. The second-order valence-electron chi connectivity index (χ2n) is 4.53. The Hall–Kier alpha value is -3.08. The molecule has 0 unspecified atom stereocenters. The van der Waals surface area contributed by atoms with Gasteiger partial charge in [-0.15, -0.1) is 0 Å². The van der Waals surface area contributed by atoms with E-state index in [9.17, 15) is 9.90 Å². The Morgan fingerprint density at radius 1 is 1.14 bits per heavy atom. The summed E-state index contributed by atoms with van der Waals surface area (Å²) in [5.41, 5.74) is 4.36. The Balaban J connectivity index is 1.72. The predicted octanol–water partition coefficient (Wildman–Crippen LogP) is 2.64. The second-order valence-corrected chi connectivity index (χ2v) is 4.53. The van der Waals surface area contributed by atoms with Gasteiger partial charge in [0.25, 0.3) is 5.91 Å². The molecule has 5 heteroatoms. The van der Waals surface area contributed by atoms with Gasteiger partial charge >= 0.3 is 0 Å². The van der Waals surface area contributed by atoms with Crippen molar-refractivity contribution in [2.75, 3.05) is 0 Å². The van der Waals surface area contributed by atoms with Crippen LogP contribution in [0.2, 0.25) is 0 Å². The van der Waals surface area contributed by atoms with Crippen LogP contribution in [0.25, 0.3) is 10.9 Å². The molecule has 3 N–H and O–H groups in total. The van der Waals surface area contributed by atoms with Crippen LogP contribution >= 0.6 is 0 Å². The van der Waals surface area contributed by atoms with E-state index in [2.05, 4.69) is 15.5 Å². The molecule has 0 fully saturated rings. The van der Waals surface area contributed by atoms with Crippen molar-refractivity contribution in [1.29, 1.82) is 0 Å². The molecule has 0 saturated carbocycles. The molecular formula is C16H13N3O2. The van der Waals surface area contributed by atoms with Gasteiger partial charge in [-0.3, -0.25) is 4.79 Å². The number of hydrazone groups is 1. The normalized spacial score (nSPS) is 11.0. The van der Waals surface area contributed by atoms with Gasteiger partial charge in [-0.05, 0) is 24.3 Å². The van der Waals surface area contributed by atoms with Crippen molar-refractivity contribution in [3.05, 3.63) is 65.9 Å². The van der Waals surface area contributed by atoms with Crippen LogP contribution < -0.4 is 5.43 Å². The zero-order chi connectivity index (χ0) is 14.7. The molecule has 0 spiro atoms. The average molecular weight is 279 g/mol. The third kappa shape index (κ3) is 2.76. The second kappa shape index (κ2) is 5.50. The van der Waals surface area contributed by atoms with E-state index in [-0.39, 0.29) is 11.3 Å². The number of nitrogens with zero attached hydrogens (tertiary/aromatic N) is 1. The van der Waals surface area contributed by atoms with Crippen LogP contribution in [0.5, 0.6) is 5.75 Å². The highest BCUT2D eigenvalue weighted by Gasteiger charge is 2.08. The first-order valence-electron chi connectivity index (χ1n) is 6.43. The highest BCUT2D eigenvalue weighted by molar-refractivity contribution is 5.97. The molecule has 0 atom stereocenters. The molecule has 0 aliphatic rings. The number of hydrogen-bond acceptors (Lipinski definition) is 3. The molecule has 3 aromatic rings. The molecule has 2 aromatic carbocycles. The first-order chi connectivity index (χ1) is 10.2. The lowest BCUT2D eigenvalue weighted by Crippen LogP contribution is -2.17. The molecule has 1 heterocycles. The summed E-state index contributed by atoms with van der Waals surface area (Å²) in [7, 11) is 0. The molecule has 0 saturated heterocycles. The summed E-state index contributed by atoms with van der Waals surface area (Å²) in [5.74, 6) is -0.531. The van der Waals surface area contributed by atoms with E-state index in [1.807, 2.05) is 30.3 Å². The van der Waals surface area contributed by atoms with Crippen molar-refractivity contribution in [2.24, 2.45) is 5.10 Å². The Bertz CT molecular complexity index is 788. The number of phenols is 1. The van der Waals surface area contributed by atoms with Gasteiger partial charge in [-0.1, -0.05) is 30.3 Å². The predicted molar refractivity (Wildman–Crippen MR) is 81.5 cm³/mol. The van der Waals surface area contributed by atoms with Gasteiger partial charge in [0.05, 0.1) is 17.5 Å². The summed E-state index contributed by atoms with van der Waals surface area (Å²) in [6.07, 6.45) is 1.53. The highest BCUT2D eigenvalue weighted by Crippen LogP contribution is 2.15. The van der Waals surface area contributed by atoms with Crippen molar-refractivity contribution in [1.82, 2.24) is 10.4 Å². The van der Waals surface area contributed by atoms with E-state index in [0.717, 1.165) is 16.6 Å². The number of aromatic amines is 1. The van der Waals surface area contributed by atoms with Crippen LogP contribution in [0.1, 0.15) is 16.1 Å². The molecule has 0 aliphatic carbocycles. The monoisotopic (exact) mass is 279 g/mol. The van der Waals surface area contributed by atoms with Crippen molar-refractivity contribution in [3.63, 3.8) is 0 Å². The molecule has 104 valence electrons. The van der Waals surface area contributed by atoms with Gasteiger partial charge in [0.2, 0.25) is 0 Å². The van der Waals surface area contributed by atoms with Crippen LogP contribution in [-0.4, -0.2) is 22.2 Å². The highest BCUT2D eigenvalue weighted by atomic mass is 16.3. The van der Waals surface area contributed by atoms with Crippen molar-refractivity contribution >= 4 is 23.0 Å². The number of H-pyrrole nitrogens is 1. The maximum atomic E-state index is 11.8. The quantitative estimate of drug-likeness (QED) is 0.509. The molecule has 21 heavy (non-hydrogen) atoms. The summed E-state index contributed by atoms with van der Waals surface area (Å²) in [6, 6.07) is 16.1. The number of aromatic hydroxyl groups is 1. The minimum absolute atomic E-state index is 0.0733.